The number of aromatic nitrogens is 5. The van der Waals surface area contributed by atoms with Gasteiger partial charge < -0.3 is 5.32 Å². The molecule has 8 heteroatoms. The highest BCUT2D eigenvalue weighted by Gasteiger charge is 2.15. The standard InChI is InChI=1S/C22H16N6OS/c1-14-11-15(8-9-20(14)28-13-23-26-27-28)24-22(29)17-12-19(21-7-4-10-30-21)25-18-6-3-2-5-16(17)18/h2-13H,1H3,(H,24,29). The molecule has 7 nitrogen and oxygen atoms in total. The van der Waals surface area contributed by atoms with Crippen molar-refractivity contribution in [3.63, 3.8) is 0 Å². The number of benzene rings is 2. The number of nitrogens with one attached hydrogen (secondary N) is 1. The minimum atomic E-state index is -0.180. The van der Waals surface area contributed by atoms with Crippen molar-refractivity contribution >= 4 is 33.8 Å². The highest BCUT2D eigenvalue weighted by atomic mass is 32.1. The second kappa shape index (κ2) is 7.49. The third-order valence-electron chi connectivity index (χ3n) is 4.78. The van der Waals surface area contributed by atoms with Crippen molar-refractivity contribution in [2.45, 2.75) is 6.92 Å². The number of amides is 1. The lowest BCUT2D eigenvalue weighted by Gasteiger charge is -2.12. The summed E-state index contributed by atoms with van der Waals surface area (Å²) in [6.45, 7) is 1.95. The van der Waals surface area contributed by atoms with Crippen LogP contribution in [0.3, 0.4) is 0 Å². The Morgan fingerprint density at radius 3 is 2.73 bits per heavy atom. The van der Waals surface area contributed by atoms with Crippen LogP contribution in [0.5, 0.6) is 0 Å². The van der Waals surface area contributed by atoms with E-state index in [1.54, 1.807) is 16.0 Å². The SMILES string of the molecule is Cc1cc(NC(=O)c2cc(-c3cccs3)nc3ccccc23)ccc1-n1cnnn1. The zero-order chi connectivity index (χ0) is 20.5. The van der Waals surface area contributed by atoms with E-state index in [9.17, 15) is 4.79 Å². The molecule has 0 fully saturated rings. The van der Waals surface area contributed by atoms with Crippen molar-refractivity contribution in [3.05, 3.63) is 83.5 Å². The van der Waals surface area contributed by atoms with E-state index in [0.29, 0.717) is 11.3 Å². The average molecular weight is 412 g/mol. The van der Waals surface area contributed by atoms with Gasteiger partial charge in [0.25, 0.3) is 5.91 Å². The van der Waals surface area contributed by atoms with Gasteiger partial charge in [-0.15, -0.1) is 16.4 Å². The number of pyridine rings is 1. The van der Waals surface area contributed by atoms with Crippen molar-refractivity contribution in [2.75, 3.05) is 5.32 Å². The molecule has 2 aromatic carbocycles. The molecule has 0 spiro atoms. The van der Waals surface area contributed by atoms with E-state index in [1.807, 2.05) is 73.0 Å². The molecular weight excluding hydrogens is 396 g/mol. The Morgan fingerprint density at radius 1 is 1.07 bits per heavy atom. The van der Waals surface area contributed by atoms with Crippen molar-refractivity contribution in [3.8, 4) is 16.3 Å². The molecule has 3 aromatic heterocycles. The number of nitrogens with zero attached hydrogens (tertiary/aromatic N) is 5. The minimum Gasteiger partial charge on any atom is -0.322 e. The molecule has 0 saturated heterocycles. The van der Waals surface area contributed by atoms with Crippen LogP contribution in [0.2, 0.25) is 0 Å². The Balaban J connectivity index is 1.51. The highest BCUT2D eigenvalue weighted by molar-refractivity contribution is 7.13. The van der Waals surface area contributed by atoms with Gasteiger partial charge in [-0.05, 0) is 64.7 Å². The predicted octanol–water partition coefficient (Wildman–Crippen LogP) is 4.50. The molecule has 146 valence electrons. The van der Waals surface area contributed by atoms with E-state index in [0.717, 1.165) is 32.7 Å². The van der Waals surface area contributed by atoms with Crippen LogP contribution in [0.15, 0.2) is 72.4 Å². The van der Waals surface area contributed by atoms with Crippen LogP contribution in [0, 0.1) is 6.92 Å². The number of rotatable bonds is 4. The summed E-state index contributed by atoms with van der Waals surface area (Å²) in [4.78, 5) is 19.0. The van der Waals surface area contributed by atoms with Crippen molar-refractivity contribution in [1.29, 1.82) is 0 Å². The summed E-state index contributed by atoms with van der Waals surface area (Å²) in [6.07, 6.45) is 1.54. The fraction of sp³-hybridized carbons (Fsp3) is 0.0455. The second-order valence-electron chi connectivity index (χ2n) is 6.76. The quantitative estimate of drug-likeness (QED) is 0.470. The largest absolute Gasteiger partial charge is 0.322 e. The van der Waals surface area contributed by atoms with E-state index in [-0.39, 0.29) is 5.91 Å². The first-order chi connectivity index (χ1) is 14.7. The van der Waals surface area contributed by atoms with Gasteiger partial charge >= 0.3 is 0 Å². The maximum absolute atomic E-state index is 13.2. The number of fused-ring (bicyclic) bond motifs is 1. The Labute approximate surface area is 176 Å². The molecule has 3 heterocycles. The minimum absolute atomic E-state index is 0.180. The first-order valence-corrected chi connectivity index (χ1v) is 10.2. The van der Waals surface area contributed by atoms with E-state index >= 15 is 0 Å². The number of carbonyl (C=O) groups is 1. The Hall–Kier alpha value is -3.91. The maximum Gasteiger partial charge on any atom is 0.256 e. The first kappa shape index (κ1) is 18.1. The van der Waals surface area contributed by atoms with Gasteiger partial charge in [-0.2, -0.15) is 0 Å². The highest BCUT2D eigenvalue weighted by Crippen LogP contribution is 2.28. The maximum atomic E-state index is 13.2. The number of carbonyl (C=O) groups excluding carboxylic acids is 1. The molecule has 0 aliphatic carbocycles. The summed E-state index contributed by atoms with van der Waals surface area (Å²) in [5.41, 5.74) is 4.67. The lowest BCUT2D eigenvalue weighted by atomic mass is 10.1. The molecule has 30 heavy (non-hydrogen) atoms. The fourth-order valence-corrected chi connectivity index (χ4v) is 4.06. The molecular formula is C22H16N6OS. The molecule has 0 radical (unpaired) electrons. The first-order valence-electron chi connectivity index (χ1n) is 9.28. The molecule has 0 aliphatic rings. The molecule has 5 aromatic rings. The van der Waals surface area contributed by atoms with Gasteiger partial charge in [-0.1, -0.05) is 24.3 Å². The molecule has 0 atom stereocenters. The van der Waals surface area contributed by atoms with Gasteiger partial charge in [0.15, 0.2) is 0 Å². The Morgan fingerprint density at radius 2 is 1.97 bits per heavy atom. The van der Waals surface area contributed by atoms with Gasteiger partial charge in [0, 0.05) is 11.1 Å². The van der Waals surface area contributed by atoms with Gasteiger partial charge in [0.1, 0.15) is 6.33 Å². The van der Waals surface area contributed by atoms with Crippen LogP contribution in [0.1, 0.15) is 15.9 Å². The summed E-state index contributed by atoms with van der Waals surface area (Å²) in [6, 6.07) is 19.1. The topological polar surface area (TPSA) is 85.6 Å². The van der Waals surface area contributed by atoms with Crippen LogP contribution in [-0.4, -0.2) is 31.1 Å². The number of para-hydroxylation sites is 1. The second-order valence-corrected chi connectivity index (χ2v) is 7.71. The summed E-state index contributed by atoms with van der Waals surface area (Å²) in [7, 11) is 0. The summed E-state index contributed by atoms with van der Waals surface area (Å²) in [5.74, 6) is -0.180. The molecule has 5 rings (SSSR count). The molecule has 0 unspecified atom stereocenters. The molecule has 0 bridgehead atoms. The summed E-state index contributed by atoms with van der Waals surface area (Å²) in [5, 5.41) is 17.1. The van der Waals surface area contributed by atoms with Crippen LogP contribution >= 0.6 is 11.3 Å². The average Bonchev–Trinajstić information content (AvgIpc) is 3.47. The van der Waals surface area contributed by atoms with Gasteiger partial charge in [0.05, 0.1) is 27.3 Å². The van der Waals surface area contributed by atoms with Crippen molar-refractivity contribution < 1.29 is 4.79 Å². The number of tetrazole rings is 1. The van der Waals surface area contributed by atoms with E-state index < -0.39 is 0 Å². The monoisotopic (exact) mass is 412 g/mol. The lowest BCUT2D eigenvalue weighted by Crippen LogP contribution is -2.13. The number of anilines is 1. The smallest absolute Gasteiger partial charge is 0.256 e. The predicted molar refractivity (Wildman–Crippen MR) is 117 cm³/mol. The van der Waals surface area contributed by atoms with E-state index in [1.165, 1.54) is 6.33 Å². The van der Waals surface area contributed by atoms with Gasteiger partial charge in [0.2, 0.25) is 0 Å². The molecule has 1 N–H and O–H groups in total. The van der Waals surface area contributed by atoms with Crippen LogP contribution in [-0.2, 0) is 0 Å². The molecule has 0 saturated carbocycles. The Kier molecular flexibility index (Phi) is 4.53. The van der Waals surface area contributed by atoms with Crippen molar-refractivity contribution in [1.82, 2.24) is 25.2 Å². The van der Waals surface area contributed by atoms with Crippen LogP contribution in [0.25, 0.3) is 27.2 Å². The zero-order valence-electron chi connectivity index (χ0n) is 16.0. The van der Waals surface area contributed by atoms with Gasteiger partial charge in [-0.3, -0.25) is 4.79 Å². The van der Waals surface area contributed by atoms with Gasteiger partial charge in [-0.25, -0.2) is 9.67 Å². The normalized spacial score (nSPS) is 11.0. The molecule has 0 aliphatic heterocycles. The van der Waals surface area contributed by atoms with Crippen LogP contribution < -0.4 is 5.32 Å². The number of hydrogen-bond donors (Lipinski definition) is 1. The fourth-order valence-electron chi connectivity index (χ4n) is 3.37. The zero-order valence-corrected chi connectivity index (χ0v) is 16.8. The Bertz CT molecular complexity index is 1350. The molecule has 1 amide bonds. The third kappa shape index (κ3) is 3.33. The van der Waals surface area contributed by atoms with E-state index in [4.69, 9.17) is 4.98 Å². The lowest BCUT2D eigenvalue weighted by molar-refractivity contribution is 0.102. The number of thiophene rings is 1. The number of aryl methyl sites for hydroxylation is 1. The van der Waals surface area contributed by atoms with E-state index in [2.05, 4.69) is 20.8 Å². The summed E-state index contributed by atoms with van der Waals surface area (Å²) < 4.78 is 1.59. The third-order valence-corrected chi connectivity index (χ3v) is 5.68. The van der Waals surface area contributed by atoms with Crippen molar-refractivity contribution in [2.24, 2.45) is 0 Å². The number of hydrogen-bond acceptors (Lipinski definition) is 6. The summed E-state index contributed by atoms with van der Waals surface area (Å²) >= 11 is 1.60. The van der Waals surface area contributed by atoms with Crippen LogP contribution in [0.4, 0.5) is 5.69 Å².